The van der Waals surface area contributed by atoms with E-state index in [-0.39, 0.29) is 124 Å². The SMILES string of the molecule is [2H]C([2H])(C[C@H](NC(=O)C1CCC(F)(F)CC1)c1ccccc1)N1C2CCC1CC(n1c(C)nnc1C(C)C)C2.[2H]C([2H])(C[C@H](NC(=O)C1CCC(F)(F)CC1)c1ccccc1)N1C2CCC1CC(n1c(C)nnc1C(C)C)C2. The normalized spacial score (nSPS) is 28.1. The van der Waals surface area contributed by atoms with Crippen molar-refractivity contribution in [2.75, 3.05) is 13.0 Å². The van der Waals surface area contributed by atoms with Crippen LogP contribution in [0, 0.1) is 25.7 Å². The average molecular weight is 1030 g/mol. The van der Waals surface area contributed by atoms with Crippen LogP contribution in [0.25, 0.3) is 0 Å². The summed E-state index contributed by atoms with van der Waals surface area (Å²) in [6, 6.07) is 18.7. The Morgan fingerprint density at radius 1 is 0.541 bits per heavy atom. The van der Waals surface area contributed by atoms with E-state index in [0.29, 0.717) is 0 Å². The summed E-state index contributed by atoms with van der Waals surface area (Å²) in [6.45, 7) is 9.19. The summed E-state index contributed by atoms with van der Waals surface area (Å²) in [6.07, 6.45) is 6.88. The largest absolute Gasteiger partial charge is 0.349 e. The van der Waals surface area contributed by atoms with Gasteiger partial charge in [0, 0.05) is 104 Å². The third kappa shape index (κ3) is 12.6. The second-order valence-corrected chi connectivity index (χ2v) is 23.0. The van der Waals surface area contributed by atoms with Crippen LogP contribution in [0.15, 0.2) is 60.7 Å². The molecule has 0 spiro atoms. The number of nitrogens with one attached hydrogen (secondary N) is 2. The van der Waals surface area contributed by atoms with Crippen molar-refractivity contribution >= 4 is 11.8 Å². The molecule has 12 nitrogen and oxygen atoms in total. The van der Waals surface area contributed by atoms with E-state index in [2.05, 4.69) is 77.7 Å². The number of fused-ring (bicyclic) bond motifs is 4. The molecule has 74 heavy (non-hydrogen) atoms. The van der Waals surface area contributed by atoms with Gasteiger partial charge < -0.3 is 19.8 Å². The highest BCUT2D eigenvalue weighted by atomic mass is 19.3. The predicted molar refractivity (Wildman–Crippen MR) is 279 cm³/mol. The van der Waals surface area contributed by atoms with Crippen LogP contribution in [0.5, 0.6) is 0 Å². The van der Waals surface area contributed by atoms with Crippen molar-refractivity contribution in [3.63, 3.8) is 0 Å². The molecular weight excluding hydrogens is 945 g/mol. The zero-order chi connectivity index (χ0) is 55.9. The number of rotatable bonds is 16. The minimum Gasteiger partial charge on any atom is -0.349 e. The second kappa shape index (κ2) is 23.3. The molecule has 6 fully saturated rings. The number of benzene rings is 2. The molecule has 2 aliphatic carbocycles. The molecule has 2 amide bonds. The first kappa shape index (κ1) is 48.9. The topological polar surface area (TPSA) is 126 Å². The van der Waals surface area contributed by atoms with Gasteiger partial charge in [-0.1, -0.05) is 88.4 Å². The molecule has 2 saturated carbocycles. The van der Waals surface area contributed by atoms with Crippen molar-refractivity contribution in [3.8, 4) is 0 Å². The first-order valence-corrected chi connectivity index (χ1v) is 27.8. The Labute approximate surface area is 442 Å². The Kier molecular flexibility index (Phi) is 15.4. The maximum absolute atomic E-state index is 13.7. The fourth-order valence-corrected chi connectivity index (χ4v) is 13.1. The lowest BCUT2D eigenvalue weighted by Crippen LogP contribution is -2.45. The Balaban J connectivity index is 0.000000190. The smallest absolute Gasteiger partial charge is 0.248 e. The first-order valence-electron chi connectivity index (χ1n) is 29.8. The molecule has 6 aliphatic rings. The summed E-state index contributed by atoms with van der Waals surface area (Å²) in [5, 5.41) is 23.6. The molecule has 4 aromatic rings. The van der Waals surface area contributed by atoms with E-state index in [1.165, 1.54) is 0 Å². The number of hydrogen-bond acceptors (Lipinski definition) is 8. The van der Waals surface area contributed by atoms with Crippen molar-refractivity contribution in [3.05, 3.63) is 95.1 Å². The van der Waals surface area contributed by atoms with E-state index in [9.17, 15) is 32.6 Å². The van der Waals surface area contributed by atoms with Crippen molar-refractivity contribution in [1.29, 1.82) is 0 Å². The summed E-state index contributed by atoms with van der Waals surface area (Å²) in [5.41, 5.74) is 1.67. The molecule has 2 aromatic heterocycles. The predicted octanol–water partition coefficient (Wildman–Crippen LogP) is 11.9. The summed E-state index contributed by atoms with van der Waals surface area (Å²) in [7, 11) is 0. The molecule has 404 valence electrons. The van der Waals surface area contributed by atoms with Crippen LogP contribution in [-0.2, 0) is 9.59 Å². The van der Waals surface area contributed by atoms with Gasteiger partial charge in [-0.05, 0) is 115 Å². The zero-order valence-electron chi connectivity index (χ0n) is 48.3. The lowest BCUT2D eigenvalue weighted by atomic mass is 9.86. The number of aryl methyl sites for hydroxylation is 2. The van der Waals surface area contributed by atoms with Crippen molar-refractivity contribution < 1.29 is 32.6 Å². The van der Waals surface area contributed by atoms with Crippen LogP contribution in [-0.4, -0.2) is 100 Å². The number of amides is 2. The molecule has 4 bridgehead atoms. The zero-order valence-corrected chi connectivity index (χ0v) is 44.3. The Bertz CT molecular complexity index is 2450. The van der Waals surface area contributed by atoms with Crippen molar-refractivity contribution in [1.82, 2.24) is 50.0 Å². The van der Waals surface area contributed by atoms with Crippen LogP contribution in [0.1, 0.15) is 219 Å². The number of nitrogens with zero attached hydrogens (tertiary/aromatic N) is 8. The van der Waals surface area contributed by atoms with E-state index in [1.807, 2.05) is 74.5 Å². The highest BCUT2D eigenvalue weighted by molar-refractivity contribution is 5.79. The van der Waals surface area contributed by atoms with Crippen LogP contribution >= 0.6 is 0 Å². The monoisotopic (exact) mass is 1030 g/mol. The van der Waals surface area contributed by atoms with Gasteiger partial charge in [0.2, 0.25) is 23.7 Å². The van der Waals surface area contributed by atoms with Gasteiger partial charge in [0.05, 0.1) is 12.1 Å². The standard InChI is InChI=1S/2C29H41F2N5O/c2*1-19(2)27-34-33-20(3)36(27)25-17-23-9-10-24(18-25)35(23)16-13-26(21-7-5-4-6-8-21)32-28(37)22-11-14-29(30,31)15-12-22/h2*4-8,19,22-26H,9-18H2,1-3H3,(H,32,37)/t2*23?,24?,25?,26-/m00/s1/i2*16D2. The van der Waals surface area contributed by atoms with E-state index in [0.717, 1.165) is 85.8 Å². The summed E-state index contributed by atoms with van der Waals surface area (Å²) >= 11 is 0. The van der Waals surface area contributed by atoms with Crippen molar-refractivity contribution in [2.24, 2.45) is 11.8 Å². The Hall–Kier alpha value is -4.70. The van der Waals surface area contributed by atoms with Gasteiger partial charge in [-0.15, -0.1) is 20.4 Å². The summed E-state index contributed by atoms with van der Waals surface area (Å²) in [4.78, 5) is 30.5. The molecule has 6 heterocycles. The van der Waals surface area contributed by atoms with Gasteiger partial charge in [-0.25, -0.2) is 17.6 Å². The number of carbonyl (C=O) groups is 2. The van der Waals surface area contributed by atoms with E-state index < -0.39 is 48.8 Å². The highest BCUT2D eigenvalue weighted by Crippen LogP contribution is 2.45. The lowest BCUT2D eigenvalue weighted by Gasteiger charge is -2.40. The number of piperidine rings is 2. The molecule has 16 heteroatoms. The number of carbonyl (C=O) groups excluding carboxylic acids is 2. The first-order chi connectivity index (χ1) is 36.9. The molecular formula is C58H82F4N10O2. The fraction of sp³-hybridized carbons (Fsp3) is 0.690. The average Bonchev–Trinajstić information content (AvgIpc) is 4.19. The number of halogens is 4. The molecule has 4 unspecified atom stereocenters. The second-order valence-electron chi connectivity index (χ2n) is 23.0. The highest BCUT2D eigenvalue weighted by Gasteiger charge is 2.45. The van der Waals surface area contributed by atoms with Crippen LogP contribution in [0.3, 0.4) is 0 Å². The molecule has 2 aromatic carbocycles. The van der Waals surface area contributed by atoms with Gasteiger partial charge in [0.15, 0.2) is 0 Å². The Morgan fingerprint density at radius 3 is 1.18 bits per heavy atom. The fourth-order valence-electron chi connectivity index (χ4n) is 13.1. The van der Waals surface area contributed by atoms with Gasteiger partial charge in [-0.3, -0.25) is 19.4 Å². The molecule has 4 aliphatic heterocycles. The van der Waals surface area contributed by atoms with Gasteiger partial charge in [-0.2, -0.15) is 0 Å². The third-order valence-electron chi connectivity index (χ3n) is 17.1. The minimum absolute atomic E-state index is 0.0956. The van der Waals surface area contributed by atoms with Crippen molar-refractivity contribution in [2.45, 2.75) is 229 Å². The summed E-state index contributed by atoms with van der Waals surface area (Å²) in [5.74, 6) is -2.49. The molecule has 4 saturated heterocycles. The summed E-state index contributed by atoms with van der Waals surface area (Å²) < 4.78 is 96.2. The van der Waals surface area contributed by atoms with E-state index in [1.54, 1.807) is 0 Å². The quantitative estimate of drug-likeness (QED) is 0.106. The minimum atomic E-state index is -2.69. The molecule has 0 radical (unpaired) electrons. The van der Waals surface area contributed by atoms with Crippen LogP contribution < -0.4 is 10.6 Å². The molecule has 6 atom stereocenters. The van der Waals surface area contributed by atoms with Crippen LogP contribution in [0.2, 0.25) is 0 Å². The maximum atomic E-state index is 13.7. The number of hydrogen-bond donors (Lipinski definition) is 2. The van der Waals surface area contributed by atoms with E-state index >= 15 is 0 Å². The van der Waals surface area contributed by atoms with E-state index in [4.69, 9.17) is 0 Å². The number of aromatic nitrogens is 6. The Morgan fingerprint density at radius 2 is 0.865 bits per heavy atom. The van der Waals surface area contributed by atoms with Crippen LogP contribution in [0.4, 0.5) is 17.6 Å². The molecule has 2 N–H and O–H groups in total. The lowest BCUT2D eigenvalue weighted by molar-refractivity contribution is -0.131. The third-order valence-corrected chi connectivity index (χ3v) is 17.1. The van der Waals surface area contributed by atoms with Gasteiger partial charge in [0.1, 0.15) is 23.3 Å². The van der Waals surface area contributed by atoms with Gasteiger partial charge in [0.25, 0.3) is 0 Å². The maximum Gasteiger partial charge on any atom is 0.248 e. The number of alkyl halides is 4. The van der Waals surface area contributed by atoms with Gasteiger partial charge >= 0.3 is 0 Å². The molecule has 10 rings (SSSR count).